The van der Waals surface area contributed by atoms with Crippen LogP contribution in [-0.2, 0) is 26.3 Å². The van der Waals surface area contributed by atoms with Crippen LogP contribution < -0.4 is 10.1 Å². The number of carbonyl (C=O) groups excluding carboxylic acids is 2. The lowest BCUT2D eigenvalue weighted by Crippen LogP contribution is -2.53. The summed E-state index contributed by atoms with van der Waals surface area (Å²) in [6.07, 6.45) is -4.28. The molecule has 0 aromatic heterocycles. The molecule has 2 aliphatic heterocycles. The van der Waals surface area contributed by atoms with Gasteiger partial charge in [0.15, 0.2) is 5.76 Å². The van der Waals surface area contributed by atoms with Crippen LogP contribution in [0.25, 0.3) is 0 Å². The second kappa shape index (κ2) is 12.1. The van der Waals surface area contributed by atoms with Gasteiger partial charge in [0, 0.05) is 24.4 Å². The summed E-state index contributed by atoms with van der Waals surface area (Å²) in [5.74, 6) is 0.496. The third kappa shape index (κ3) is 5.93. The van der Waals surface area contributed by atoms with E-state index in [9.17, 15) is 41.0 Å². The number of imide groups is 1. The first-order valence-electron chi connectivity index (χ1n) is 13.8. The predicted octanol–water partition coefficient (Wildman–Crippen LogP) is 5.42. The molecule has 0 radical (unpaired) electrons. The Balaban J connectivity index is 1.42. The van der Waals surface area contributed by atoms with Crippen molar-refractivity contribution in [2.45, 2.75) is 63.0 Å². The van der Waals surface area contributed by atoms with Crippen molar-refractivity contribution in [3.8, 4) is 5.75 Å². The van der Waals surface area contributed by atoms with Crippen molar-refractivity contribution >= 4 is 11.9 Å². The van der Waals surface area contributed by atoms with E-state index in [4.69, 9.17) is 14.2 Å². The number of benzene rings is 1. The van der Waals surface area contributed by atoms with Crippen LogP contribution in [0.1, 0.15) is 44.2 Å². The largest absolute Gasteiger partial charge is 0.490 e. The summed E-state index contributed by atoms with van der Waals surface area (Å²) in [5, 5.41) is 12.6. The SMILES string of the molecule is CCCc1cc(C(O)(C(F)(F)F)C(F)(F)F)ccc1OC/C=C/CN1C(=O)NC(CC)(C2C=CC3=C(C2)OCCO3)C1=O. The van der Waals surface area contributed by atoms with E-state index in [-0.39, 0.29) is 36.8 Å². The zero-order valence-electron chi connectivity index (χ0n) is 23.5. The van der Waals surface area contributed by atoms with Crippen molar-refractivity contribution in [2.75, 3.05) is 26.4 Å². The minimum atomic E-state index is -6.00. The van der Waals surface area contributed by atoms with E-state index in [0.717, 1.165) is 11.0 Å². The second-order valence-electron chi connectivity index (χ2n) is 10.4. The number of carbonyl (C=O) groups is 2. The number of alkyl halides is 6. The number of halogens is 6. The fourth-order valence-corrected chi connectivity index (χ4v) is 5.43. The minimum absolute atomic E-state index is 0.0358. The van der Waals surface area contributed by atoms with Crippen LogP contribution in [0.15, 0.2) is 54.0 Å². The highest BCUT2D eigenvalue weighted by Crippen LogP contribution is 2.50. The molecular formula is C29H32F6N2O6. The molecule has 0 saturated carbocycles. The normalized spacial score (nSPS) is 22.9. The predicted molar refractivity (Wildman–Crippen MR) is 141 cm³/mol. The Labute approximate surface area is 243 Å². The molecule has 1 saturated heterocycles. The Morgan fingerprint density at radius 2 is 1.79 bits per heavy atom. The molecule has 14 heteroatoms. The van der Waals surface area contributed by atoms with Gasteiger partial charge in [0.2, 0.25) is 0 Å². The highest BCUT2D eigenvalue weighted by Gasteiger charge is 2.71. The van der Waals surface area contributed by atoms with Crippen LogP contribution in [0.2, 0.25) is 0 Å². The number of nitrogens with one attached hydrogen (secondary N) is 1. The summed E-state index contributed by atoms with van der Waals surface area (Å²) < 4.78 is 96.8. The molecule has 236 valence electrons. The van der Waals surface area contributed by atoms with Gasteiger partial charge in [-0.1, -0.05) is 38.5 Å². The number of urea groups is 1. The lowest BCUT2D eigenvalue weighted by molar-refractivity contribution is -0.376. The topological polar surface area (TPSA) is 97.3 Å². The Kier molecular flexibility index (Phi) is 9.10. The molecule has 3 aliphatic rings. The second-order valence-corrected chi connectivity index (χ2v) is 10.4. The fourth-order valence-electron chi connectivity index (χ4n) is 5.43. The van der Waals surface area contributed by atoms with Crippen molar-refractivity contribution in [3.05, 3.63) is 65.1 Å². The number of ether oxygens (including phenoxy) is 3. The molecular weight excluding hydrogens is 586 g/mol. The van der Waals surface area contributed by atoms with Crippen molar-refractivity contribution in [1.82, 2.24) is 10.2 Å². The highest BCUT2D eigenvalue weighted by molar-refractivity contribution is 6.07. The first-order valence-corrected chi connectivity index (χ1v) is 13.8. The number of allylic oxidation sites excluding steroid dienone is 2. The van der Waals surface area contributed by atoms with E-state index < -0.39 is 41.0 Å². The zero-order valence-corrected chi connectivity index (χ0v) is 23.5. The van der Waals surface area contributed by atoms with Crippen molar-refractivity contribution < 1.29 is 55.2 Å². The monoisotopic (exact) mass is 618 g/mol. The summed E-state index contributed by atoms with van der Waals surface area (Å²) in [4.78, 5) is 27.3. The highest BCUT2D eigenvalue weighted by atomic mass is 19.4. The molecule has 1 fully saturated rings. The maximum atomic E-state index is 13.5. The van der Waals surface area contributed by atoms with Crippen molar-refractivity contribution in [1.29, 1.82) is 0 Å². The molecule has 1 aromatic carbocycles. The Bertz CT molecular complexity index is 1310. The van der Waals surface area contributed by atoms with Crippen LogP contribution in [-0.4, -0.2) is 66.2 Å². The van der Waals surface area contributed by atoms with Gasteiger partial charge in [-0.25, -0.2) is 4.79 Å². The number of hydrogen-bond acceptors (Lipinski definition) is 6. The van der Waals surface area contributed by atoms with Gasteiger partial charge in [-0.2, -0.15) is 26.3 Å². The molecule has 1 aromatic rings. The molecule has 43 heavy (non-hydrogen) atoms. The van der Waals surface area contributed by atoms with Crippen molar-refractivity contribution in [3.63, 3.8) is 0 Å². The lowest BCUT2D eigenvalue weighted by atomic mass is 9.77. The Morgan fingerprint density at radius 1 is 1.09 bits per heavy atom. The van der Waals surface area contributed by atoms with E-state index in [1.54, 1.807) is 19.9 Å². The molecule has 2 heterocycles. The van der Waals surface area contributed by atoms with E-state index in [0.29, 0.717) is 56.1 Å². The van der Waals surface area contributed by atoms with Crippen LogP contribution in [0.5, 0.6) is 5.75 Å². The minimum Gasteiger partial charge on any atom is -0.490 e. The number of amides is 3. The van der Waals surface area contributed by atoms with Gasteiger partial charge in [-0.05, 0) is 42.7 Å². The molecule has 8 nitrogen and oxygen atoms in total. The maximum Gasteiger partial charge on any atom is 0.430 e. The van der Waals surface area contributed by atoms with Gasteiger partial charge in [-0.3, -0.25) is 9.69 Å². The number of aryl methyl sites for hydroxylation is 1. The van der Waals surface area contributed by atoms with Gasteiger partial charge in [0.1, 0.15) is 36.9 Å². The molecule has 0 spiro atoms. The third-order valence-electron chi connectivity index (χ3n) is 7.78. The van der Waals surface area contributed by atoms with Crippen molar-refractivity contribution in [2.24, 2.45) is 5.92 Å². The molecule has 0 bridgehead atoms. The molecule has 2 atom stereocenters. The van der Waals surface area contributed by atoms with Crippen LogP contribution in [0.3, 0.4) is 0 Å². The van der Waals surface area contributed by atoms with Gasteiger partial charge < -0.3 is 24.6 Å². The molecule has 4 rings (SSSR count). The average molecular weight is 619 g/mol. The van der Waals surface area contributed by atoms with Gasteiger partial charge in [0.05, 0.1) is 0 Å². The molecule has 3 amide bonds. The summed E-state index contributed by atoms with van der Waals surface area (Å²) in [6, 6.07) is 1.54. The standard InChI is InChI=1S/C29H32F6N2O6/c1-3-7-18-16-20(27(40,28(30,31)32)29(33,34)35)9-10-21(18)41-13-6-5-12-37-24(38)26(4-2,36-25(37)39)19-8-11-22-23(17-19)43-15-14-42-22/h5-6,8-11,16,19,40H,3-4,7,12-15,17H2,1-2H3,(H,36,39)/b6-5+. The Hall–Kier alpha value is -3.68. The number of rotatable bonds is 10. The van der Waals surface area contributed by atoms with Crippen LogP contribution >= 0.6 is 0 Å². The Morgan fingerprint density at radius 3 is 2.44 bits per heavy atom. The van der Waals surface area contributed by atoms with E-state index in [2.05, 4.69) is 5.32 Å². The number of nitrogens with zero attached hydrogens (tertiary/aromatic N) is 1. The van der Waals surface area contributed by atoms with Gasteiger partial charge in [-0.15, -0.1) is 0 Å². The van der Waals surface area contributed by atoms with Gasteiger partial charge in [0.25, 0.3) is 11.5 Å². The number of aliphatic hydroxyl groups is 1. The molecule has 1 aliphatic carbocycles. The smallest absolute Gasteiger partial charge is 0.430 e. The van der Waals surface area contributed by atoms with E-state index >= 15 is 0 Å². The summed E-state index contributed by atoms with van der Waals surface area (Å²) in [5.41, 5.74) is -7.53. The first kappa shape index (κ1) is 32.2. The van der Waals surface area contributed by atoms with E-state index in [1.807, 2.05) is 6.08 Å². The molecule has 2 N–H and O–H groups in total. The summed E-state index contributed by atoms with van der Waals surface area (Å²) in [6.45, 7) is 4.05. The average Bonchev–Trinajstić information content (AvgIpc) is 3.21. The van der Waals surface area contributed by atoms with Crippen LogP contribution in [0, 0.1) is 5.92 Å². The van der Waals surface area contributed by atoms with E-state index in [1.165, 1.54) is 12.2 Å². The van der Waals surface area contributed by atoms with Gasteiger partial charge >= 0.3 is 18.4 Å². The third-order valence-corrected chi connectivity index (χ3v) is 7.78. The molecule has 2 unspecified atom stereocenters. The first-order chi connectivity index (χ1) is 20.2. The zero-order chi connectivity index (χ0) is 31.6. The summed E-state index contributed by atoms with van der Waals surface area (Å²) in [7, 11) is 0. The number of hydrogen-bond donors (Lipinski definition) is 2. The maximum absolute atomic E-state index is 13.5. The van der Waals surface area contributed by atoms with Crippen LogP contribution in [0.4, 0.5) is 31.1 Å². The summed E-state index contributed by atoms with van der Waals surface area (Å²) >= 11 is 0. The fraction of sp³-hybridized carbons (Fsp3) is 0.517. The quantitative estimate of drug-likeness (QED) is 0.207. The lowest BCUT2D eigenvalue weighted by Gasteiger charge is -2.36.